The first-order chi connectivity index (χ1) is 8.52. The zero-order chi connectivity index (χ0) is 13.6. The van der Waals surface area contributed by atoms with Gasteiger partial charge in [-0.1, -0.05) is 13.8 Å². The lowest BCUT2D eigenvalue weighted by Crippen LogP contribution is -2.53. The van der Waals surface area contributed by atoms with Gasteiger partial charge in [-0.15, -0.1) is 0 Å². The molecule has 0 aliphatic carbocycles. The largest absolute Gasteiger partial charge is 0.481 e. The molecule has 0 radical (unpaired) electrons. The highest BCUT2D eigenvalue weighted by Gasteiger charge is 2.38. The summed E-state index contributed by atoms with van der Waals surface area (Å²) in [7, 11) is 0. The molecule has 1 aliphatic rings. The van der Waals surface area contributed by atoms with Crippen molar-refractivity contribution in [3.63, 3.8) is 0 Å². The number of hydrogen-bond donors (Lipinski definition) is 3. The molecule has 3 N–H and O–H groups in total. The second kappa shape index (κ2) is 6.73. The van der Waals surface area contributed by atoms with E-state index in [0.717, 1.165) is 25.8 Å². The number of carbonyl (C=O) groups excluding carboxylic acids is 1. The smallest absolute Gasteiger partial charge is 0.306 e. The van der Waals surface area contributed by atoms with E-state index < -0.39 is 11.5 Å². The van der Waals surface area contributed by atoms with Crippen LogP contribution in [-0.2, 0) is 9.59 Å². The lowest BCUT2D eigenvalue weighted by atomic mass is 9.93. The Balaban J connectivity index is 2.26. The van der Waals surface area contributed by atoms with Crippen LogP contribution in [0.5, 0.6) is 0 Å². The van der Waals surface area contributed by atoms with Gasteiger partial charge in [-0.3, -0.25) is 9.59 Å². The second-order valence-electron chi connectivity index (χ2n) is 5.10. The van der Waals surface area contributed by atoms with Gasteiger partial charge in [0.05, 0.1) is 11.5 Å². The molecule has 0 saturated carbocycles. The summed E-state index contributed by atoms with van der Waals surface area (Å²) in [5.74, 6) is -1.05. The first-order valence-electron chi connectivity index (χ1n) is 6.78. The Hall–Kier alpha value is -1.10. The van der Waals surface area contributed by atoms with Crippen molar-refractivity contribution in [2.24, 2.45) is 5.92 Å². The molecule has 0 aromatic carbocycles. The van der Waals surface area contributed by atoms with E-state index in [9.17, 15) is 9.59 Å². The highest BCUT2D eigenvalue weighted by Crippen LogP contribution is 2.22. The summed E-state index contributed by atoms with van der Waals surface area (Å²) in [6.07, 6.45) is 4.03. The topological polar surface area (TPSA) is 78.4 Å². The maximum Gasteiger partial charge on any atom is 0.306 e. The second-order valence-corrected chi connectivity index (χ2v) is 5.10. The number of nitrogens with one attached hydrogen (secondary N) is 2. The fraction of sp³-hybridized carbons (Fsp3) is 0.846. The Morgan fingerprint density at radius 3 is 2.72 bits per heavy atom. The number of carboxylic acid groups (broad SMARTS) is 1. The third-order valence-corrected chi connectivity index (χ3v) is 3.80. The van der Waals surface area contributed by atoms with Gasteiger partial charge in [0.2, 0.25) is 5.91 Å². The van der Waals surface area contributed by atoms with E-state index in [1.807, 2.05) is 6.92 Å². The maximum absolute atomic E-state index is 12.1. The molecular weight excluding hydrogens is 232 g/mol. The maximum atomic E-state index is 12.1. The third kappa shape index (κ3) is 3.70. The van der Waals surface area contributed by atoms with Gasteiger partial charge in [0.25, 0.3) is 0 Å². The van der Waals surface area contributed by atoms with Crippen LogP contribution in [0.25, 0.3) is 0 Å². The first kappa shape index (κ1) is 15.0. The van der Waals surface area contributed by atoms with Crippen LogP contribution in [0.1, 0.15) is 46.0 Å². The van der Waals surface area contributed by atoms with Crippen LogP contribution in [0.2, 0.25) is 0 Å². The Labute approximate surface area is 108 Å². The summed E-state index contributed by atoms with van der Waals surface area (Å²) in [6, 6.07) is 0. The standard InChI is InChI=1S/C13H24N2O3/c1-3-13(7-5-9-15-13)12(18)14-8-4-6-10(2)11(16)17/h10,15H,3-9H2,1-2H3,(H,14,18)(H,16,17). The van der Waals surface area contributed by atoms with Crippen molar-refractivity contribution >= 4 is 11.9 Å². The van der Waals surface area contributed by atoms with E-state index in [0.29, 0.717) is 19.4 Å². The van der Waals surface area contributed by atoms with Gasteiger partial charge in [-0.05, 0) is 38.6 Å². The normalized spacial score (nSPS) is 24.8. The minimum Gasteiger partial charge on any atom is -0.481 e. The van der Waals surface area contributed by atoms with E-state index in [4.69, 9.17) is 5.11 Å². The van der Waals surface area contributed by atoms with Crippen molar-refractivity contribution in [3.8, 4) is 0 Å². The Kier molecular flexibility index (Phi) is 5.59. The number of amides is 1. The van der Waals surface area contributed by atoms with E-state index in [-0.39, 0.29) is 11.8 Å². The number of rotatable bonds is 7. The average molecular weight is 256 g/mol. The molecule has 0 aromatic rings. The monoisotopic (exact) mass is 256 g/mol. The van der Waals surface area contributed by atoms with Crippen molar-refractivity contribution in [2.75, 3.05) is 13.1 Å². The first-order valence-corrected chi connectivity index (χ1v) is 6.78. The Morgan fingerprint density at radius 1 is 1.50 bits per heavy atom. The molecule has 104 valence electrons. The number of carbonyl (C=O) groups is 2. The summed E-state index contributed by atoms with van der Waals surface area (Å²) < 4.78 is 0. The molecule has 5 heteroatoms. The van der Waals surface area contributed by atoms with Gasteiger partial charge >= 0.3 is 5.97 Å². The molecule has 5 nitrogen and oxygen atoms in total. The third-order valence-electron chi connectivity index (χ3n) is 3.80. The van der Waals surface area contributed by atoms with Crippen LogP contribution in [-0.4, -0.2) is 35.6 Å². The molecule has 1 aliphatic heterocycles. The SMILES string of the molecule is CCC1(C(=O)NCCCC(C)C(=O)O)CCCN1. The lowest BCUT2D eigenvalue weighted by molar-refractivity contribution is -0.141. The number of hydrogen-bond acceptors (Lipinski definition) is 3. The molecule has 1 amide bonds. The fourth-order valence-corrected chi connectivity index (χ4v) is 2.37. The molecule has 2 unspecified atom stereocenters. The van der Waals surface area contributed by atoms with Gasteiger partial charge in [0, 0.05) is 6.54 Å². The van der Waals surface area contributed by atoms with Crippen LogP contribution in [0.3, 0.4) is 0 Å². The molecule has 0 aromatic heterocycles. The zero-order valence-electron chi connectivity index (χ0n) is 11.3. The minimum atomic E-state index is -0.774. The van der Waals surface area contributed by atoms with Gasteiger partial charge in [0.15, 0.2) is 0 Å². The van der Waals surface area contributed by atoms with Crippen LogP contribution in [0.4, 0.5) is 0 Å². The fourth-order valence-electron chi connectivity index (χ4n) is 2.37. The van der Waals surface area contributed by atoms with Gasteiger partial charge in [-0.25, -0.2) is 0 Å². The molecule has 1 saturated heterocycles. The van der Waals surface area contributed by atoms with Crippen LogP contribution in [0, 0.1) is 5.92 Å². The van der Waals surface area contributed by atoms with Gasteiger partial charge < -0.3 is 15.7 Å². The van der Waals surface area contributed by atoms with E-state index in [1.165, 1.54) is 0 Å². The van der Waals surface area contributed by atoms with Crippen molar-refractivity contribution in [3.05, 3.63) is 0 Å². The highest BCUT2D eigenvalue weighted by molar-refractivity contribution is 5.86. The number of aliphatic carboxylic acids is 1. The molecule has 1 heterocycles. The van der Waals surface area contributed by atoms with Crippen molar-refractivity contribution in [1.29, 1.82) is 0 Å². The quantitative estimate of drug-likeness (QED) is 0.597. The van der Waals surface area contributed by atoms with E-state index >= 15 is 0 Å². The molecule has 2 atom stereocenters. The summed E-state index contributed by atoms with van der Waals surface area (Å²) in [6.45, 7) is 5.16. The summed E-state index contributed by atoms with van der Waals surface area (Å²) in [4.78, 5) is 22.7. The Bertz CT molecular complexity index is 299. The van der Waals surface area contributed by atoms with Crippen molar-refractivity contribution < 1.29 is 14.7 Å². The molecule has 0 spiro atoms. The molecule has 18 heavy (non-hydrogen) atoms. The van der Waals surface area contributed by atoms with Gasteiger partial charge in [-0.2, -0.15) is 0 Å². The van der Waals surface area contributed by atoms with Crippen LogP contribution >= 0.6 is 0 Å². The summed E-state index contributed by atoms with van der Waals surface area (Å²) in [5, 5.41) is 14.9. The number of carboxylic acids is 1. The molecule has 1 rings (SSSR count). The predicted octanol–water partition coefficient (Wildman–Crippen LogP) is 1.14. The van der Waals surface area contributed by atoms with Crippen LogP contribution in [0.15, 0.2) is 0 Å². The molecule has 1 fully saturated rings. The van der Waals surface area contributed by atoms with Crippen molar-refractivity contribution in [1.82, 2.24) is 10.6 Å². The van der Waals surface area contributed by atoms with Gasteiger partial charge in [0.1, 0.15) is 0 Å². The van der Waals surface area contributed by atoms with Crippen LogP contribution < -0.4 is 10.6 Å². The molecule has 0 bridgehead atoms. The predicted molar refractivity (Wildman–Crippen MR) is 69.3 cm³/mol. The summed E-state index contributed by atoms with van der Waals surface area (Å²) >= 11 is 0. The van der Waals surface area contributed by atoms with E-state index in [1.54, 1.807) is 6.92 Å². The lowest BCUT2D eigenvalue weighted by Gasteiger charge is -2.26. The summed E-state index contributed by atoms with van der Waals surface area (Å²) in [5.41, 5.74) is -0.390. The van der Waals surface area contributed by atoms with Crippen molar-refractivity contribution in [2.45, 2.75) is 51.5 Å². The Morgan fingerprint density at radius 2 is 2.22 bits per heavy atom. The highest BCUT2D eigenvalue weighted by atomic mass is 16.4. The minimum absolute atomic E-state index is 0.0606. The zero-order valence-corrected chi connectivity index (χ0v) is 11.3. The average Bonchev–Trinajstić information content (AvgIpc) is 2.83. The molecular formula is C13H24N2O3. The van der Waals surface area contributed by atoms with E-state index in [2.05, 4.69) is 10.6 Å².